The maximum Gasteiger partial charge on any atom is 0.159 e. The summed E-state index contributed by atoms with van der Waals surface area (Å²) in [4.78, 5) is 0. The van der Waals surface area contributed by atoms with Crippen LogP contribution in [0.3, 0.4) is 0 Å². The van der Waals surface area contributed by atoms with E-state index in [2.05, 4.69) is 44.5 Å². The SMILES string of the molecule is CC(C)n1c(CBr)nnc1COC(C)(C)C. The summed E-state index contributed by atoms with van der Waals surface area (Å²) in [6.07, 6.45) is 0. The number of aromatic nitrogens is 3. The predicted molar refractivity (Wildman–Crippen MR) is 67.6 cm³/mol. The molecule has 5 heteroatoms. The zero-order valence-electron chi connectivity index (χ0n) is 10.6. The normalized spacial score (nSPS) is 12.4. The Morgan fingerprint density at radius 3 is 2.25 bits per heavy atom. The van der Waals surface area contributed by atoms with Gasteiger partial charge in [-0.05, 0) is 34.6 Å². The van der Waals surface area contributed by atoms with Gasteiger partial charge in [-0.25, -0.2) is 0 Å². The van der Waals surface area contributed by atoms with Crippen LogP contribution in [0, 0.1) is 0 Å². The molecule has 0 amide bonds. The third-order valence-electron chi connectivity index (χ3n) is 2.11. The van der Waals surface area contributed by atoms with Gasteiger partial charge in [0.25, 0.3) is 0 Å². The van der Waals surface area contributed by atoms with Crippen molar-refractivity contribution >= 4 is 15.9 Å². The van der Waals surface area contributed by atoms with Crippen LogP contribution in [0.15, 0.2) is 0 Å². The van der Waals surface area contributed by atoms with Gasteiger partial charge in [-0.15, -0.1) is 10.2 Å². The fourth-order valence-electron chi connectivity index (χ4n) is 1.43. The number of nitrogens with zero attached hydrogens (tertiary/aromatic N) is 3. The second-order valence-electron chi connectivity index (χ2n) is 5.03. The second kappa shape index (κ2) is 5.27. The Kier molecular flexibility index (Phi) is 4.50. The van der Waals surface area contributed by atoms with E-state index >= 15 is 0 Å². The van der Waals surface area contributed by atoms with Crippen LogP contribution in [-0.2, 0) is 16.7 Å². The lowest BCUT2D eigenvalue weighted by Crippen LogP contribution is -2.21. The minimum atomic E-state index is -0.150. The minimum Gasteiger partial charge on any atom is -0.368 e. The number of rotatable bonds is 4. The van der Waals surface area contributed by atoms with Gasteiger partial charge in [0, 0.05) is 6.04 Å². The molecule has 4 nitrogen and oxygen atoms in total. The Hall–Kier alpha value is -0.420. The Labute approximate surface area is 106 Å². The van der Waals surface area contributed by atoms with Gasteiger partial charge in [-0.3, -0.25) is 0 Å². The fourth-order valence-corrected chi connectivity index (χ4v) is 1.81. The molecule has 0 aliphatic heterocycles. The summed E-state index contributed by atoms with van der Waals surface area (Å²) in [5.74, 6) is 1.84. The van der Waals surface area contributed by atoms with Crippen LogP contribution < -0.4 is 0 Å². The predicted octanol–water partition coefficient (Wildman–Crippen LogP) is 3.07. The molecule has 0 atom stereocenters. The van der Waals surface area contributed by atoms with Crippen molar-refractivity contribution in [3.05, 3.63) is 11.6 Å². The first kappa shape index (κ1) is 13.6. The summed E-state index contributed by atoms with van der Waals surface area (Å²) in [6, 6.07) is 0.348. The minimum absolute atomic E-state index is 0.150. The third kappa shape index (κ3) is 3.56. The van der Waals surface area contributed by atoms with Crippen molar-refractivity contribution < 1.29 is 4.74 Å². The van der Waals surface area contributed by atoms with Crippen molar-refractivity contribution in [2.45, 2.75) is 58.2 Å². The Morgan fingerprint density at radius 1 is 1.25 bits per heavy atom. The number of alkyl halides is 1. The highest BCUT2D eigenvalue weighted by Gasteiger charge is 2.17. The van der Waals surface area contributed by atoms with Crippen LogP contribution in [0.5, 0.6) is 0 Å². The van der Waals surface area contributed by atoms with E-state index < -0.39 is 0 Å². The molecule has 0 bridgehead atoms. The molecule has 0 aliphatic carbocycles. The zero-order chi connectivity index (χ0) is 12.3. The molecule has 1 aromatic heterocycles. The first-order chi connectivity index (χ1) is 7.35. The van der Waals surface area contributed by atoms with E-state index in [0.717, 1.165) is 11.6 Å². The maximum absolute atomic E-state index is 5.73. The van der Waals surface area contributed by atoms with Gasteiger partial charge in [0.1, 0.15) is 12.4 Å². The highest BCUT2D eigenvalue weighted by molar-refractivity contribution is 9.08. The molecule has 0 fully saturated rings. The highest BCUT2D eigenvalue weighted by Crippen LogP contribution is 2.17. The summed E-state index contributed by atoms with van der Waals surface area (Å²) in [5.41, 5.74) is -0.150. The zero-order valence-corrected chi connectivity index (χ0v) is 12.2. The van der Waals surface area contributed by atoms with Gasteiger partial charge in [0.2, 0.25) is 0 Å². The molecule has 92 valence electrons. The van der Waals surface area contributed by atoms with E-state index in [4.69, 9.17) is 4.74 Å². The number of hydrogen-bond acceptors (Lipinski definition) is 3. The molecule has 0 saturated heterocycles. The van der Waals surface area contributed by atoms with Gasteiger partial charge in [-0.2, -0.15) is 0 Å². The first-order valence-corrected chi connectivity index (χ1v) is 6.60. The molecular weight excluding hydrogens is 270 g/mol. The van der Waals surface area contributed by atoms with E-state index in [1.54, 1.807) is 0 Å². The van der Waals surface area contributed by atoms with Crippen molar-refractivity contribution in [1.29, 1.82) is 0 Å². The molecule has 0 spiro atoms. The van der Waals surface area contributed by atoms with E-state index in [1.807, 2.05) is 20.8 Å². The van der Waals surface area contributed by atoms with Crippen LogP contribution in [0.2, 0.25) is 0 Å². The van der Waals surface area contributed by atoms with Crippen molar-refractivity contribution in [2.75, 3.05) is 0 Å². The fraction of sp³-hybridized carbons (Fsp3) is 0.818. The van der Waals surface area contributed by atoms with Crippen LogP contribution in [0.4, 0.5) is 0 Å². The van der Waals surface area contributed by atoms with E-state index in [9.17, 15) is 0 Å². The van der Waals surface area contributed by atoms with Crippen LogP contribution in [-0.4, -0.2) is 20.4 Å². The molecule has 0 aliphatic rings. The number of hydrogen-bond donors (Lipinski definition) is 0. The molecule has 0 saturated carbocycles. The summed E-state index contributed by atoms with van der Waals surface area (Å²) in [5, 5.41) is 9.03. The second-order valence-corrected chi connectivity index (χ2v) is 5.59. The lowest BCUT2D eigenvalue weighted by atomic mass is 10.2. The lowest BCUT2D eigenvalue weighted by molar-refractivity contribution is -0.0197. The van der Waals surface area contributed by atoms with Crippen molar-refractivity contribution in [3.63, 3.8) is 0 Å². The maximum atomic E-state index is 5.73. The quantitative estimate of drug-likeness (QED) is 0.800. The van der Waals surface area contributed by atoms with Crippen molar-refractivity contribution in [2.24, 2.45) is 0 Å². The van der Waals surface area contributed by atoms with Crippen LogP contribution >= 0.6 is 15.9 Å². The van der Waals surface area contributed by atoms with Crippen LogP contribution in [0.1, 0.15) is 52.3 Å². The van der Waals surface area contributed by atoms with E-state index in [0.29, 0.717) is 18.0 Å². The third-order valence-corrected chi connectivity index (χ3v) is 2.61. The van der Waals surface area contributed by atoms with E-state index in [-0.39, 0.29) is 5.60 Å². The topological polar surface area (TPSA) is 39.9 Å². The lowest BCUT2D eigenvalue weighted by Gasteiger charge is -2.20. The molecule has 1 heterocycles. The van der Waals surface area contributed by atoms with Gasteiger partial charge in [0.05, 0.1) is 10.9 Å². The average Bonchev–Trinajstić information content (AvgIpc) is 2.56. The first-order valence-electron chi connectivity index (χ1n) is 5.47. The van der Waals surface area contributed by atoms with E-state index in [1.165, 1.54) is 0 Å². The van der Waals surface area contributed by atoms with Gasteiger partial charge >= 0.3 is 0 Å². The Morgan fingerprint density at radius 2 is 1.81 bits per heavy atom. The van der Waals surface area contributed by atoms with Gasteiger partial charge in [-0.1, -0.05) is 15.9 Å². The molecule has 0 N–H and O–H groups in total. The molecule has 0 aromatic carbocycles. The average molecular weight is 290 g/mol. The van der Waals surface area contributed by atoms with Crippen molar-refractivity contribution in [3.8, 4) is 0 Å². The number of ether oxygens (including phenoxy) is 1. The smallest absolute Gasteiger partial charge is 0.159 e. The standard InChI is InChI=1S/C11H20BrN3O/c1-8(2)15-9(6-12)13-14-10(15)7-16-11(3,4)5/h8H,6-7H2,1-5H3. The summed E-state index contributed by atoms with van der Waals surface area (Å²) in [6.45, 7) is 10.9. The van der Waals surface area contributed by atoms with Crippen molar-refractivity contribution in [1.82, 2.24) is 14.8 Å². The largest absolute Gasteiger partial charge is 0.368 e. The van der Waals surface area contributed by atoms with Gasteiger partial charge in [0.15, 0.2) is 5.82 Å². The molecule has 1 rings (SSSR count). The molecular formula is C11H20BrN3O. The summed E-state index contributed by atoms with van der Waals surface area (Å²) in [7, 11) is 0. The Bertz CT molecular complexity index is 341. The highest BCUT2D eigenvalue weighted by atomic mass is 79.9. The summed E-state index contributed by atoms with van der Waals surface area (Å²) < 4.78 is 7.84. The van der Waals surface area contributed by atoms with Gasteiger partial charge < -0.3 is 9.30 Å². The molecule has 0 radical (unpaired) electrons. The van der Waals surface area contributed by atoms with Crippen LogP contribution in [0.25, 0.3) is 0 Å². The Balaban J connectivity index is 2.84. The molecule has 0 unspecified atom stereocenters. The summed E-state index contributed by atoms with van der Waals surface area (Å²) >= 11 is 3.42. The number of halogens is 1. The monoisotopic (exact) mass is 289 g/mol. The molecule has 1 aromatic rings. The molecule has 16 heavy (non-hydrogen) atoms.